The average molecular weight is 294 g/mol. The summed E-state index contributed by atoms with van der Waals surface area (Å²) < 4.78 is 5.83. The second-order valence-corrected chi connectivity index (χ2v) is 5.74. The number of ether oxygens (including phenoxy) is 1. The van der Waals surface area contributed by atoms with Gasteiger partial charge in [-0.2, -0.15) is 0 Å². The standard InChI is InChI=1S/C19H22N2O/c1-4-5-10-22-15-11-13(2)18(14(3)12-15)19-20-16-8-6-7-9-17(16)21-19/h6-9,11-12H,4-5,10H2,1-3H3,(H,20,21). The third-order valence-electron chi connectivity index (χ3n) is 3.90. The molecule has 0 bridgehead atoms. The molecule has 22 heavy (non-hydrogen) atoms. The summed E-state index contributed by atoms with van der Waals surface area (Å²) >= 11 is 0. The fourth-order valence-electron chi connectivity index (χ4n) is 2.79. The Kier molecular flexibility index (Phi) is 4.14. The Hall–Kier alpha value is -2.29. The number of hydrogen-bond donors (Lipinski definition) is 1. The van der Waals surface area contributed by atoms with Crippen LogP contribution >= 0.6 is 0 Å². The molecular formula is C19H22N2O. The van der Waals surface area contributed by atoms with Crippen LogP contribution in [0.2, 0.25) is 0 Å². The van der Waals surface area contributed by atoms with Crippen molar-refractivity contribution < 1.29 is 4.74 Å². The number of benzene rings is 2. The molecule has 1 N–H and O–H groups in total. The van der Waals surface area contributed by atoms with Crippen LogP contribution in [-0.4, -0.2) is 16.6 Å². The minimum absolute atomic E-state index is 0.777. The Morgan fingerprint density at radius 2 is 1.82 bits per heavy atom. The minimum atomic E-state index is 0.777. The number of fused-ring (bicyclic) bond motifs is 1. The summed E-state index contributed by atoms with van der Waals surface area (Å²) in [4.78, 5) is 8.13. The van der Waals surface area contributed by atoms with Crippen LogP contribution in [0.3, 0.4) is 0 Å². The van der Waals surface area contributed by atoms with E-state index in [0.717, 1.165) is 42.1 Å². The zero-order valence-electron chi connectivity index (χ0n) is 13.4. The molecule has 3 heteroatoms. The van der Waals surface area contributed by atoms with E-state index in [2.05, 4.69) is 44.0 Å². The molecule has 0 aliphatic rings. The van der Waals surface area contributed by atoms with E-state index in [1.165, 1.54) is 16.7 Å². The number of unbranched alkanes of at least 4 members (excludes halogenated alkanes) is 1. The minimum Gasteiger partial charge on any atom is -0.494 e. The highest BCUT2D eigenvalue weighted by Gasteiger charge is 2.12. The molecule has 114 valence electrons. The Balaban J connectivity index is 1.96. The first-order chi connectivity index (χ1) is 10.7. The second-order valence-electron chi connectivity index (χ2n) is 5.74. The molecule has 0 unspecified atom stereocenters. The molecule has 3 rings (SSSR count). The molecule has 0 atom stereocenters. The Morgan fingerprint density at radius 1 is 1.09 bits per heavy atom. The lowest BCUT2D eigenvalue weighted by Gasteiger charge is -2.12. The summed E-state index contributed by atoms with van der Waals surface area (Å²) in [6, 6.07) is 12.3. The Labute approximate surface area is 131 Å². The van der Waals surface area contributed by atoms with E-state index in [4.69, 9.17) is 9.72 Å². The summed E-state index contributed by atoms with van der Waals surface area (Å²) in [5.41, 5.74) is 5.61. The van der Waals surface area contributed by atoms with E-state index in [1.807, 2.05) is 18.2 Å². The van der Waals surface area contributed by atoms with Crippen molar-refractivity contribution in [2.75, 3.05) is 6.61 Å². The molecule has 1 heterocycles. The van der Waals surface area contributed by atoms with E-state index >= 15 is 0 Å². The number of aromatic amines is 1. The van der Waals surface area contributed by atoms with Gasteiger partial charge in [0.05, 0.1) is 17.6 Å². The summed E-state index contributed by atoms with van der Waals surface area (Å²) in [6.45, 7) is 7.17. The van der Waals surface area contributed by atoms with Crippen LogP contribution in [0.1, 0.15) is 30.9 Å². The van der Waals surface area contributed by atoms with E-state index < -0.39 is 0 Å². The van der Waals surface area contributed by atoms with Gasteiger partial charge >= 0.3 is 0 Å². The number of nitrogens with one attached hydrogen (secondary N) is 1. The lowest BCUT2D eigenvalue weighted by atomic mass is 10.0. The summed E-state index contributed by atoms with van der Waals surface area (Å²) in [7, 11) is 0. The van der Waals surface area contributed by atoms with E-state index in [0.29, 0.717) is 0 Å². The van der Waals surface area contributed by atoms with Crippen LogP contribution in [0, 0.1) is 13.8 Å². The molecule has 0 aliphatic carbocycles. The third kappa shape index (κ3) is 2.84. The van der Waals surface area contributed by atoms with E-state index in [-0.39, 0.29) is 0 Å². The van der Waals surface area contributed by atoms with Crippen molar-refractivity contribution in [3.05, 3.63) is 47.5 Å². The molecule has 3 aromatic rings. The van der Waals surface area contributed by atoms with Crippen molar-refractivity contribution in [3.63, 3.8) is 0 Å². The number of hydrogen-bond acceptors (Lipinski definition) is 2. The molecule has 0 fully saturated rings. The monoisotopic (exact) mass is 294 g/mol. The number of H-pyrrole nitrogens is 1. The highest BCUT2D eigenvalue weighted by atomic mass is 16.5. The summed E-state index contributed by atoms with van der Waals surface area (Å²) in [5.74, 6) is 1.87. The normalized spacial score (nSPS) is 11.0. The van der Waals surface area contributed by atoms with Crippen molar-refractivity contribution in [2.45, 2.75) is 33.6 Å². The van der Waals surface area contributed by atoms with Gasteiger partial charge in [-0.3, -0.25) is 0 Å². The van der Waals surface area contributed by atoms with Gasteiger partial charge in [-0.1, -0.05) is 25.5 Å². The maximum atomic E-state index is 5.83. The maximum absolute atomic E-state index is 5.83. The molecule has 0 saturated carbocycles. The number of aryl methyl sites for hydroxylation is 2. The van der Waals surface area contributed by atoms with Gasteiger partial charge in [0.2, 0.25) is 0 Å². The van der Waals surface area contributed by atoms with Crippen LogP contribution in [0.25, 0.3) is 22.4 Å². The number of nitrogens with zero attached hydrogens (tertiary/aromatic N) is 1. The summed E-state index contributed by atoms with van der Waals surface area (Å²) in [5, 5.41) is 0. The topological polar surface area (TPSA) is 37.9 Å². The molecule has 2 aromatic carbocycles. The van der Waals surface area contributed by atoms with Gasteiger partial charge in [-0.25, -0.2) is 4.98 Å². The van der Waals surface area contributed by atoms with Crippen molar-refractivity contribution in [1.82, 2.24) is 9.97 Å². The third-order valence-corrected chi connectivity index (χ3v) is 3.90. The van der Waals surface area contributed by atoms with Gasteiger partial charge in [0.25, 0.3) is 0 Å². The largest absolute Gasteiger partial charge is 0.494 e. The van der Waals surface area contributed by atoms with Gasteiger partial charge in [0.1, 0.15) is 11.6 Å². The van der Waals surface area contributed by atoms with Gasteiger partial charge in [-0.05, 0) is 55.7 Å². The van der Waals surface area contributed by atoms with Crippen LogP contribution in [0.4, 0.5) is 0 Å². The lowest BCUT2D eigenvalue weighted by molar-refractivity contribution is 0.309. The van der Waals surface area contributed by atoms with Gasteiger partial charge in [-0.15, -0.1) is 0 Å². The van der Waals surface area contributed by atoms with Crippen molar-refractivity contribution in [2.24, 2.45) is 0 Å². The number of rotatable bonds is 5. The molecule has 0 spiro atoms. The lowest BCUT2D eigenvalue weighted by Crippen LogP contribution is -1.99. The zero-order chi connectivity index (χ0) is 15.5. The van der Waals surface area contributed by atoms with Gasteiger partial charge < -0.3 is 9.72 Å². The van der Waals surface area contributed by atoms with E-state index in [1.54, 1.807) is 0 Å². The zero-order valence-corrected chi connectivity index (χ0v) is 13.4. The number of imidazole rings is 1. The van der Waals surface area contributed by atoms with Crippen LogP contribution in [0.15, 0.2) is 36.4 Å². The van der Waals surface area contributed by atoms with E-state index in [9.17, 15) is 0 Å². The highest BCUT2D eigenvalue weighted by molar-refractivity contribution is 5.80. The van der Waals surface area contributed by atoms with Crippen LogP contribution in [0.5, 0.6) is 5.75 Å². The van der Waals surface area contributed by atoms with Crippen LogP contribution in [-0.2, 0) is 0 Å². The molecule has 3 nitrogen and oxygen atoms in total. The first kappa shape index (κ1) is 14.6. The average Bonchev–Trinajstić information content (AvgIpc) is 2.90. The highest BCUT2D eigenvalue weighted by Crippen LogP contribution is 2.30. The Bertz CT molecular complexity index is 733. The molecule has 0 aliphatic heterocycles. The first-order valence-corrected chi connectivity index (χ1v) is 7.88. The smallest absolute Gasteiger partial charge is 0.139 e. The molecule has 0 radical (unpaired) electrons. The fourth-order valence-corrected chi connectivity index (χ4v) is 2.79. The van der Waals surface area contributed by atoms with Crippen molar-refractivity contribution in [1.29, 1.82) is 0 Å². The fraction of sp³-hybridized carbons (Fsp3) is 0.316. The SMILES string of the molecule is CCCCOc1cc(C)c(-c2nc3ccccc3[nH]2)c(C)c1. The quantitative estimate of drug-likeness (QED) is 0.670. The molecule has 0 amide bonds. The first-order valence-electron chi connectivity index (χ1n) is 7.88. The molecule has 0 saturated heterocycles. The van der Waals surface area contributed by atoms with Gasteiger partial charge in [0, 0.05) is 5.56 Å². The number of aromatic nitrogens is 2. The van der Waals surface area contributed by atoms with Crippen molar-refractivity contribution >= 4 is 11.0 Å². The maximum Gasteiger partial charge on any atom is 0.139 e. The predicted molar refractivity (Wildman–Crippen MR) is 91.4 cm³/mol. The summed E-state index contributed by atoms with van der Waals surface area (Å²) in [6.07, 6.45) is 2.23. The van der Waals surface area contributed by atoms with Crippen LogP contribution < -0.4 is 4.74 Å². The second kappa shape index (κ2) is 6.22. The van der Waals surface area contributed by atoms with Crippen molar-refractivity contribution in [3.8, 4) is 17.1 Å². The molecule has 1 aromatic heterocycles. The number of para-hydroxylation sites is 2. The molecular weight excluding hydrogens is 272 g/mol. The van der Waals surface area contributed by atoms with Gasteiger partial charge in [0.15, 0.2) is 0 Å². The predicted octanol–water partition coefficient (Wildman–Crippen LogP) is 5.03. The Morgan fingerprint density at radius 3 is 2.50 bits per heavy atom.